The molecule has 0 spiro atoms. The van der Waals surface area contributed by atoms with Gasteiger partial charge in [0.2, 0.25) is 5.89 Å². The van der Waals surface area contributed by atoms with Gasteiger partial charge >= 0.3 is 6.03 Å². The number of carbonyl (C=O) groups is 1. The highest BCUT2D eigenvalue weighted by molar-refractivity contribution is 7.07. The number of anilines is 1. The summed E-state index contributed by atoms with van der Waals surface area (Å²) in [5, 5.41) is 8.97. The first kappa shape index (κ1) is 16.7. The van der Waals surface area contributed by atoms with Gasteiger partial charge in [0, 0.05) is 42.6 Å². The number of aryl methyl sites for hydroxylation is 1. The number of nitrogens with zero attached hydrogens (tertiary/aromatic N) is 4. The van der Waals surface area contributed by atoms with E-state index in [0.717, 1.165) is 36.3 Å². The number of nitrogens with one attached hydrogen (secondary N) is 1. The molecule has 1 aliphatic rings. The van der Waals surface area contributed by atoms with Crippen molar-refractivity contribution in [3.8, 4) is 11.3 Å². The molecular weight excluding hydrogens is 350 g/mol. The minimum atomic E-state index is -0.101. The molecule has 8 heteroatoms. The first-order chi connectivity index (χ1) is 12.7. The summed E-state index contributed by atoms with van der Waals surface area (Å²) in [7, 11) is 0. The van der Waals surface area contributed by atoms with Gasteiger partial charge in [0.05, 0.1) is 11.2 Å². The summed E-state index contributed by atoms with van der Waals surface area (Å²) < 4.78 is 5.07. The van der Waals surface area contributed by atoms with Crippen LogP contribution in [0.4, 0.5) is 10.5 Å². The van der Waals surface area contributed by atoms with Gasteiger partial charge in [-0.1, -0.05) is 17.3 Å². The Morgan fingerprint density at radius 2 is 2.19 bits per heavy atom. The molecule has 3 aromatic rings. The summed E-state index contributed by atoms with van der Waals surface area (Å²) in [6.45, 7) is 3.11. The molecule has 1 fully saturated rings. The number of hydrogen-bond acceptors (Lipinski definition) is 6. The van der Waals surface area contributed by atoms with Crippen molar-refractivity contribution in [3.05, 3.63) is 46.9 Å². The average Bonchev–Trinajstić information content (AvgIpc) is 3.34. The minimum Gasteiger partial charge on any atom is -0.340 e. The molecule has 7 nitrogen and oxygen atoms in total. The predicted octanol–water partition coefficient (Wildman–Crippen LogP) is 3.91. The molecule has 1 aromatic carbocycles. The summed E-state index contributed by atoms with van der Waals surface area (Å²) in [5.74, 6) is 1.37. The van der Waals surface area contributed by atoms with Gasteiger partial charge in [-0.15, -0.1) is 11.3 Å². The van der Waals surface area contributed by atoms with Crippen molar-refractivity contribution < 1.29 is 9.32 Å². The van der Waals surface area contributed by atoms with Crippen LogP contribution in [0, 0.1) is 6.92 Å². The van der Waals surface area contributed by atoms with E-state index in [9.17, 15) is 4.79 Å². The van der Waals surface area contributed by atoms with Gasteiger partial charge in [-0.05, 0) is 25.0 Å². The zero-order chi connectivity index (χ0) is 17.9. The highest BCUT2D eigenvalue weighted by atomic mass is 32.1. The first-order valence-corrected chi connectivity index (χ1v) is 9.48. The summed E-state index contributed by atoms with van der Waals surface area (Å²) >= 11 is 1.56. The maximum Gasteiger partial charge on any atom is 0.321 e. The molecule has 0 bridgehead atoms. The Morgan fingerprint density at radius 1 is 1.35 bits per heavy atom. The Hall–Kier alpha value is -2.74. The van der Waals surface area contributed by atoms with Crippen LogP contribution < -0.4 is 5.32 Å². The average molecular weight is 369 g/mol. The van der Waals surface area contributed by atoms with Gasteiger partial charge < -0.3 is 14.7 Å². The number of piperidine rings is 1. The third-order valence-corrected chi connectivity index (χ3v) is 5.07. The Bertz CT molecular complexity index is 875. The molecule has 1 aliphatic heterocycles. The maximum absolute atomic E-state index is 12.6. The number of rotatable bonds is 3. The van der Waals surface area contributed by atoms with Gasteiger partial charge in [0.15, 0.2) is 5.82 Å². The molecule has 0 radical (unpaired) electrons. The lowest BCUT2D eigenvalue weighted by Gasteiger charge is -2.31. The van der Waals surface area contributed by atoms with Crippen LogP contribution in [0.1, 0.15) is 30.5 Å². The van der Waals surface area contributed by atoms with Crippen LogP contribution in [0.3, 0.4) is 0 Å². The highest BCUT2D eigenvalue weighted by Gasteiger charge is 2.27. The zero-order valence-electron chi connectivity index (χ0n) is 14.4. The monoisotopic (exact) mass is 369 g/mol. The van der Waals surface area contributed by atoms with Crippen LogP contribution in [0.15, 0.2) is 39.7 Å². The second-order valence-electron chi connectivity index (χ2n) is 6.34. The van der Waals surface area contributed by atoms with E-state index in [4.69, 9.17) is 4.52 Å². The Kier molecular flexibility index (Phi) is 4.66. The Morgan fingerprint density at radius 3 is 2.88 bits per heavy atom. The molecule has 2 amide bonds. The largest absolute Gasteiger partial charge is 0.340 e. The molecule has 1 N–H and O–H groups in total. The number of urea groups is 1. The standard InChI is InChI=1S/C18H19N5O2S/c1-12-20-17(22-25-12)14-3-2-8-23(9-14)18(24)21-15-6-4-13(5-7-15)16-10-26-11-19-16/h4-7,10-11,14H,2-3,8-9H2,1H3,(H,21,24). The smallest absolute Gasteiger partial charge is 0.321 e. The van der Waals surface area contributed by atoms with Gasteiger partial charge in [-0.25, -0.2) is 9.78 Å². The number of hydrogen-bond donors (Lipinski definition) is 1. The molecule has 1 unspecified atom stereocenters. The topological polar surface area (TPSA) is 84.2 Å². The van der Waals surface area contributed by atoms with Gasteiger partial charge in [-0.2, -0.15) is 4.98 Å². The molecule has 1 saturated heterocycles. The van der Waals surface area contributed by atoms with Crippen LogP contribution in [-0.4, -0.2) is 39.1 Å². The molecule has 0 saturated carbocycles. The molecule has 1 atom stereocenters. The van der Waals surface area contributed by atoms with E-state index in [1.807, 2.05) is 40.1 Å². The Balaban J connectivity index is 1.39. The van der Waals surface area contributed by atoms with Crippen molar-refractivity contribution in [1.29, 1.82) is 0 Å². The van der Waals surface area contributed by atoms with Crippen molar-refractivity contribution >= 4 is 23.1 Å². The lowest BCUT2D eigenvalue weighted by atomic mass is 9.98. The van der Waals surface area contributed by atoms with E-state index in [2.05, 4.69) is 20.4 Å². The van der Waals surface area contributed by atoms with E-state index < -0.39 is 0 Å². The molecular formula is C18H19N5O2S. The fraction of sp³-hybridized carbons (Fsp3) is 0.333. The van der Waals surface area contributed by atoms with Crippen LogP contribution in [0.25, 0.3) is 11.3 Å². The van der Waals surface area contributed by atoms with Crippen LogP contribution in [0.2, 0.25) is 0 Å². The summed E-state index contributed by atoms with van der Waals surface area (Å²) in [6.07, 6.45) is 1.89. The summed E-state index contributed by atoms with van der Waals surface area (Å²) in [6, 6.07) is 7.63. The maximum atomic E-state index is 12.6. The normalized spacial score (nSPS) is 17.3. The number of carbonyl (C=O) groups excluding carboxylic acids is 1. The third-order valence-electron chi connectivity index (χ3n) is 4.48. The van der Waals surface area contributed by atoms with Crippen molar-refractivity contribution in [2.24, 2.45) is 0 Å². The predicted molar refractivity (Wildman–Crippen MR) is 99.2 cm³/mol. The molecule has 26 heavy (non-hydrogen) atoms. The number of likely N-dealkylation sites (tertiary alicyclic amines) is 1. The van der Waals surface area contributed by atoms with Crippen molar-refractivity contribution in [2.75, 3.05) is 18.4 Å². The number of aromatic nitrogens is 3. The lowest BCUT2D eigenvalue weighted by Crippen LogP contribution is -2.41. The molecule has 134 valence electrons. The van der Waals surface area contributed by atoms with Gasteiger partial charge in [0.1, 0.15) is 0 Å². The Labute approximate surface area is 155 Å². The van der Waals surface area contributed by atoms with E-state index in [1.165, 1.54) is 0 Å². The summed E-state index contributed by atoms with van der Waals surface area (Å²) in [5.41, 5.74) is 4.56. The van der Waals surface area contributed by atoms with E-state index in [1.54, 1.807) is 18.3 Å². The fourth-order valence-corrected chi connectivity index (χ4v) is 3.70. The van der Waals surface area contributed by atoms with Crippen molar-refractivity contribution in [2.45, 2.75) is 25.7 Å². The van der Waals surface area contributed by atoms with E-state index >= 15 is 0 Å². The van der Waals surface area contributed by atoms with E-state index in [-0.39, 0.29) is 11.9 Å². The van der Waals surface area contributed by atoms with Crippen LogP contribution >= 0.6 is 11.3 Å². The molecule has 3 heterocycles. The van der Waals surface area contributed by atoms with Gasteiger partial charge in [-0.3, -0.25) is 0 Å². The quantitative estimate of drug-likeness (QED) is 0.756. The fourth-order valence-electron chi connectivity index (χ4n) is 3.14. The van der Waals surface area contributed by atoms with Crippen LogP contribution in [-0.2, 0) is 0 Å². The second-order valence-corrected chi connectivity index (χ2v) is 7.06. The SMILES string of the molecule is Cc1nc(C2CCCN(C(=O)Nc3ccc(-c4cscn4)cc3)C2)no1. The van der Waals surface area contributed by atoms with Crippen molar-refractivity contribution in [1.82, 2.24) is 20.0 Å². The second kappa shape index (κ2) is 7.25. The molecule has 0 aliphatic carbocycles. The van der Waals surface area contributed by atoms with E-state index in [0.29, 0.717) is 18.3 Å². The molecule has 2 aromatic heterocycles. The summed E-state index contributed by atoms with van der Waals surface area (Å²) in [4.78, 5) is 23.0. The van der Waals surface area contributed by atoms with Crippen molar-refractivity contribution in [3.63, 3.8) is 0 Å². The van der Waals surface area contributed by atoms with Gasteiger partial charge in [0.25, 0.3) is 0 Å². The number of amides is 2. The molecule has 4 rings (SSSR count). The minimum absolute atomic E-state index is 0.101. The highest BCUT2D eigenvalue weighted by Crippen LogP contribution is 2.26. The lowest BCUT2D eigenvalue weighted by molar-refractivity contribution is 0.190. The van der Waals surface area contributed by atoms with Crippen LogP contribution in [0.5, 0.6) is 0 Å². The number of benzene rings is 1. The first-order valence-electron chi connectivity index (χ1n) is 8.54. The number of thiazole rings is 1. The third kappa shape index (κ3) is 3.60. The zero-order valence-corrected chi connectivity index (χ0v) is 15.2.